The molecule has 4 N–H and O–H groups in total. The molecule has 84 valence electrons. The van der Waals surface area contributed by atoms with E-state index in [0.717, 1.165) is 25.7 Å². The Bertz CT molecular complexity index is 286. The van der Waals surface area contributed by atoms with Crippen LogP contribution in [0.5, 0.6) is 0 Å². The summed E-state index contributed by atoms with van der Waals surface area (Å²) >= 11 is 0. The third-order valence-electron chi connectivity index (χ3n) is 3.32. The van der Waals surface area contributed by atoms with Crippen LogP contribution in [0, 0.1) is 5.41 Å². The van der Waals surface area contributed by atoms with Crippen molar-refractivity contribution in [1.82, 2.24) is 10.6 Å². The van der Waals surface area contributed by atoms with E-state index in [4.69, 9.17) is 5.73 Å². The van der Waals surface area contributed by atoms with Gasteiger partial charge in [-0.05, 0) is 25.7 Å². The Kier molecular flexibility index (Phi) is 2.65. The molecule has 0 aromatic carbocycles. The number of piperidine rings is 1. The summed E-state index contributed by atoms with van der Waals surface area (Å²) < 4.78 is 0. The van der Waals surface area contributed by atoms with Gasteiger partial charge in [0.15, 0.2) is 0 Å². The molecule has 1 saturated heterocycles. The largest absolute Gasteiger partial charge is 0.354 e. The Morgan fingerprint density at radius 2 is 2.33 bits per heavy atom. The van der Waals surface area contributed by atoms with Gasteiger partial charge in [0, 0.05) is 13.1 Å². The maximum atomic E-state index is 11.8. The van der Waals surface area contributed by atoms with E-state index < -0.39 is 0 Å². The first-order valence-electron chi connectivity index (χ1n) is 5.47. The molecule has 2 amide bonds. The van der Waals surface area contributed by atoms with Gasteiger partial charge in [0.2, 0.25) is 11.8 Å². The maximum Gasteiger partial charge on any atom is 0.242 e. The molecular formula is C10H17N3O2. The van der Waals surface area contributed by atoms with Crippen molar-refractivity contribution in [2.45, 2.75) is 31.7 Å². The molecule has 0 radical (unpaired) electrons. The summed E-state index contributed by atoms with van der Waals surface area (Å²) in [5, 5.41) is 5.53. The molecule has 1 heterocycles. The van der Waals surface area contributed by atoms with Crippen molar-refractivity contribution in [2.75, 3.05) is 13.1 Å². The zero-order chi connectivity index (χ0) is 10.9. The standard InChI is InChI=1S/C10H17N3O2/c11-6-10(3-4-10)9(15)13-7-2-1-5-12-8(7)14/h7H,1-6,11H2,(H,12,14)(H,13,15). The quantitative estimate of drug-likeness (QED) is 0.567. The Morgan fingerprint density at radius 3 is 2.87 bits per heavy atom. The van der Waals surface area contributed by atoms with Crippen molar-refractivity contribution >= 4 is 11.8 Å². The molecule has 2 rings (SSSR count). The van der Waals surface area contributed by atoms with Gasteiger partial charge in [-0.15, -0.1) is 0 Å². The van der Waals surface area contributed by atoms with E-state index in [0.29, 0.717) is 13.1 Å². The van der Waals surface area contributed by atoms with E-state index in [1.165, 1.54) is 0 Å². The first kappa shape index (κ1) is 10.4. The van der Waals surface area contributed by atoms with Crippen molar-refractivity contribution in [1.29, 1.82) is 0 Å². The summed E-state index contributed by atoms with van der Waals surface area (Å²) in [7, 11) is 0. The number of hydrogen-bond acceptors (Lipinski definition) is 3. The minimum atomic E-state index is -0.363. The molecule has 5 nitrogen and oxygen atoms in total. The summed E-state index contributed by atoms with van der Waals surface area (Å²) in [5.74, 6) is -0.116. The van der Waals surface area contributed by atoms with Crippen molar-refractivity contribution < 1.29 is 9.59 Å². The Morgan fingerprint density at radius 1 is 1.60 bits per heavy atom. The third-order valence-corrected chi connectivity index (χ3v) is 3.32. The lowest BCUT2D eigenvalue weighted by atomic mass is 10.0. The van der Waals surface area contributed by atoms with Crippen LogP contribution in [-0.2, 0) is 9.59 Å². The molecule has 5 heteroatoms. The van der Waals surface area contributed by atoms with Crippen LogP contribution in [0.3, 0.4) is 0 Å². The third kappa shape index (κ3) is 1.97. The number of carbonyl (C=O) groups is 2. The fourth-order valence-corrected chi connectivity index (χ4v) is 1.90. The molecule has 15 heavy (non-hydrogen) atoms. The van der Waals surface area contributed by atoms with E-state index in [1.54, 1.807) is 0 Å². The first-order chi connectivity index (χ1) is 7.18. The first-order valence-corrected chi connectivity index (χ1v) is 5.47. The van der Waals surface area contributed by atoms with Gasteiger partial charge in [-0.25, -0.2) is 0 Å². The number of nitrogens with one attached hydrogen (secondary N) is 2. The minimum Gasteiger partial charge on any atom is -0.354 e. The fourth-order valence-electron chi connectivity index (χ4n) is 1.90. The van der Waals surface area contributed by atoms with E-state index >= 15 is 0 Å². The monoisotopic (exact) mass is 211 g/mol. The second-order valence-corrected chi connectivity index (χ2v) is 4.44. The number of rotatable bonds is 3. The Labute approximate surface area is 88.8 Å². The SMILES string of the molecule is NCC1(C(=O)NC2CCCNC2=O)CC1. The van der Waals surface area contributed by atoms with Gasteiger partial charge in [0.25, 0.3) is 0 Å². The number of hydrogen-bond donors (Lipinski definition) is 3. The highest BCUT2D eigenvalue weighted by molar-refractivity contribution is 5.91. The van der Waals surface area contributed by atoms with Crippen LogP contribution in [0.15, 0.2) is 0 Å². The normalized spacial score (nSPS) is 28.1. The fraction of sp³-hybridized carbons (Fsp3) is 0.800. The summed E-state index contributed by atoms with van der Waals surface area (Å²) in [5.41, 5.74) is 5.18. The molecule has 1 aliphatic carbocycles. The van der Waals surface area contributed by atoms with E-state index in [-0.39, 0.29) is 23.3 Å². The lowest BCUT2D eigenvalue weighted by Gasteiger charge is -2.24. The minimum absolute atomic E-state index is 0.0490. The summed E-state index contributed by atoms with van der Waals surface area (Å²) in [6.45, 7) is 1.10. The summed E-state index contributed by atoms with van der Waals surface area (Å²) in [6.07, 6.45) is 3.36. The molecule has 1 saturated carbocycles. The predicted molar refractivity (Wildman–Crippen MR) is 54.9 cm³/mol. The molecular weight excluding hydrogens is 194 g/mol. The average Bonchev–Trinajstić information content (AvgIpc) is 3.02. The zero-order valence-electron chi connectivity index (χ0n) is 8.71. The molecule has 1 unspecified atom stereocenters. The molecule has 0 spiro atoms. The average molecular weight is 211 g/mol. The number of carbonyl (C=O) groups excluding carboxylic acids is 2. The highest BCUT2D eigenvalue weighted by Gasteiger charge is 2.49. The summed E-state index contributed by atoms with van der Waals surface area (Å²) in [4.78, 5) is 23.2. The van der Waals surface area contributed by atoms with Crippen LogP contribution >= 0.6 is 0 Å². The Balaban J connectivity index is 1.90. The highest BCUT2D eigenvalue weighted by atomic mass is 16.2. The molecule has 0 aromatic rings. The zero-order valence-corrected chi connectivity index (χ0v) is 8.71. The van der Waals surface area contributed by atoms with Gasteiger partial charge < -0.3 is 16.4 Å². The van der Waals surface area contributed by atoms with Crippen LogP contribution in [0.25, 0.3) is 0 Å². The summed E-state index contributed by atoms with van der Waals surface area (Å²) in [6, 6.07) is -0.352. The predicted octanol–water partition coefficient (Wildman–Crippen LogP) is -0.880. The van der Waals surface area contributed by atoms with Crippen molar-refractivity contribution in [3.05, 3.63) is 0 Å². The smallest absolute Gasteiger partial charge is 0.242 e. The second kappa shape index (κ2) is 3.81. The van der Waals surface area contributed by atoms with Crippen LogP contribution in [0.4, 0.5) is 0 Å². The van der Waals surface area contributed by atoms with Gasteiger partial charge in [0.1, 0.15) is 6.04 Å². The van der Waals surface area contributed by atoms with Gasteiger partial charge in [-0.1, -0.05) is 0 Å². The van der Waals surface area contributed by atoms with Crippen LogP contribution in [0.1, 0.15) is 25.7 Å². The van der Waals surface area contributed by atoms with Gasteiger partial charge in [0.05, 0.1) is 5.41 Å². The van der Waals surface area contributed by atoms with Gasteiger partial charge in [-0.2, -0.15) is 0 Å². The van der Waals surface area contributed by atoms with E-state index in [1.807, 2.05) is 0 Å². The molecule has 1 aliphatic heterocycles. The molecule has 2 fully saturated rings. The van der Waals surface area contributed by atoms with Crippen LogP contribution < -0.4 is 16.4 Å². The van der Waals surface area contributed by atoms with Crippen LogP contribution in [-0.4, -0.2) is 30.9 Å². The molecule has 0 aromatic heterocycles. The van der Waals surface area contributed by atoms with Gasteiger partial charge >= 0.3 is 0 Å². The second-order valence-electron chi connectivity index (χ2n) is 4.44. The van der Waals surface area contributed by atoms with Crippen LogP contribution in [0.2, 0.25) is 0 Å². The highest BCUT2D eigenvalue weighted by Crippen LogP contribution is 2.44. The van der Waals surface area contributed by atoms with Crippen molar-refractivity contribution in [3.8, 4) is 0 Å². The Hall–Kier alpha value is -1.10. The number of amides is 2. The molecule has 2 aliphatic rings. The molecule has 0 bridgehead atoms. The lowest BCUT2D eigenvalue weighted by molar-refractivity contribution is -0.132. The van der Waals surface area contributed by atoms with E-state index in [2.05, 4.69) is 10.6 Å². The van der Waals surface area contributed by atoms with E-state index in [9.17, 15) is 9.59 Å². The molecule has 1 atom stereocenters. The van der Waals surface area contributed by atoms with Crippen molar-refractivity contribution in [3.63, 3.8) is 0 Å². The maximum absolute atomic E-state index is 11.8. The number of nitrogens with two attached hydrogens (primary N) is 1. The van der Waals surface area contributed by atoms with Gasteiger partial charge in [-0.3, -0.25) is 9.59 Å². The lowest BCUT2D eigenvalue weighted by Crippen LogP contribution is -2.52. The topological polar surface area (TPSA) is 84.2 Å². The van der Waals surface area contributed by atoms with Crippen molar-refractivity contribution in [2.24, 2.45) is 11.1 Å².